The third kappa shape index (κ3) is 3.34. The van der Waals surface area contributed by atoms with E-state index in [1.807, 2.05) is 0 Å². The van der Waals surface area contributed by atoms with Crippen LogP contribution in [0.15, 0.2) is 46.5 Å². The Bertz CT molecular complexity index is 754. The van der Waals surface area contributed by atoms with Gasteiger partial charge >= 0.3 is 0 Å². The minimum Gasteiger partial charge on any atom is -0.378 e. The van der Waals surface area contributed by atoms with Crippen molar-refractivity contribution in [2.24, 2.45) is 5.73 Å². The quantitative estimate of drug-likeness (QED) is 0.874. The SMILES string of the molecule is NCc1ccc(S(=O)(=O)c2ccc(N3CCOCC3)nc2)cn1. The van der Waals surface area contributed by atoms with E-state index in [2.05, 4.69) is 14.9 Å². The molecule has 3 heterocycles. The van der Waals surface area contributed by atoms with Crippen molar-refractivity contribution in [1.29, 1.82) is 0 Å². The lowest BCUT2D eigenvalue weighted by Gasteiger charge is -2.27. The molecule has 122 valence electrons. The second-order valence-corrected chi connectivity index (χ2v) is 7.09. The maximum Gasteiger partial charge on any atom is 0.209 e. The number of pyridine rings is 2. The standard InChI is InChI=1S/C15H18N4O3S/c16-9-12-1-2-13(10-17-12)23(20,21)14-3-4-15(18-11-14)19-5-7-22-8-6-19/h1-4,10-11H,5-9,16H2. The van der Waals surface area contributed by atoms with E-state index in [9.17, 15) is 8.42 Å². The van der Waals surface area contributed by atoms with E-state index in [0.717, 1.165) is 18.9 Å². The van der Waals surface area contributed by atoms with Gasteiger partial charge in [0.15, 0.2) is 0 Å². The van der Waals surface area contributed by atoms with Crippen molar-refractivity contribution in [3.05, 3.63) is 42.4 Å². The van der Waals surface area contributed by atoms with Gasteiger partial charge in [0.25, 0.3) is 0 Å². The second-order valence-electron chi connectivity index (χ2n) is 5.14. The predicted molar refractivity (Wildman–Crippen MR) is 84.8 cm³/mol. The number of sulfone groups is 1. The molecule has 0 aromatic carbocycles. The fraction of sp³-hybridized carbons (Fsp3) is 0.333. The Balaban J connectivity index is 1.84. The van der Waals surface area contributed by atoms with Gasteiger partial charge in [-0.25, -0.2) is 13.4 Å². The third-order valence-corrected chi connectivity index (χ3v) is 5.41. The average molecular weight is 334 g/mol. The topological polar surface area (TPSA) is 98.4 Å². The van der Waals surface area contributed by atoms with Crippen LogP contribution in [-0.2, 0) is 21.1 Å². The van der Waals surface area contributed by atoms with Crippen LogP contribution in [0.3, 0.4) is 0 Å². The summed E-state index contributed by atoms with van der Waals surface area (Å²) in [5, 5.41) is 0. The maximum absolute atomic E-state index is 12.6. The van der Waals surface area contributed by atoms with E-state index in [1.54, 1.807) is 18.2 Å². The summed E-state index contributed by atoms with van der Waals surface area (Å²) in [6.07, 6.45) is 2.71. The van der Waals surface area contributed by atoms with Crippen LogP contribution >= 0.6 is 0 Å². The molecule has 0 amide bonds. The van der Waals surface area contributed by atoms with Crippen molar-refractivity contribution in [1.82, 2.24) is 9.97 Å². The highest BCUT2D eigenvalue weighted by molar-refractivity contribution is 7.91. The molecule has 0 bridgehead atoms. The van der Waals surface area contributed by atoms with Gasteiger partial charge in [-0.2, -0.15) is 0 Å². The van der Waals surface area contributed by atoms with Gasteiger partial charge in [-0.3, -0.25) is 4.98 Å². The lowest BCUT2D eigenvalue weighted by Crippen LogP contribution is -2.36. The molecular weight excluding hydrogens is 316 g/mol. The van der Waals surface area contributed by atoms with Crippen molar-refractivity contribution in [2.75, 3.05) is 31.2 Å². The Kier molecular flexibility index (Phi) is 4.56. The monoisotopic (exact) mass is 334 g/mol. The Morgan fingerprint density at radius 3 is 2.22 bits per heavy atom. The molecule has 1 aliphatic rings. The number of morpholine rings is 1. The van der Waals surface area contributed by atoms with Gasteiger partial charge in [0, 0.05) is 32.0 Å². The minimum absolute atomic E-state index is 0.135. The Hall–Kier alpha value is -2.03. The van der Waals surface area contributed by atoms with Crippen LogP contribution in [0.5, 0.6) is 0 Å². The summed E-state index contributed by atoms with van der Waals surface area (Å²) in [5.41, 5.74) is 6.12. The zero-order chi connectivity index (χ0) is 16.3. The first-order valence-electron chi connectivity index (χ1n) is 7.30. The van der Waals surface area contributed by atoms with Crippen molar-refractivity contribution in [3.63, 3.8) is 0 Å². The maximum atomic E-state index is 12.6. The Labute approximate surface area is 135 Å². The highest BCUT2D eigenvalue weighted by Gasteiger charge is 2.20. The van der Waals surface area contributed by atoms with E-state index in [4.69, 9.17) is 10.5 Å². The van der Waals surface area contributed by atoms with Crippen LogP contribution < -0.4 is 10.6 Å². The van der Waals surface area contributed by atoms with Gasteiger partial charge < -0.3 is 15.4 Å². The molecule has 1 aliphatic heterocycles. The minimum atomic E-state index is -3.62. The molecular formula is C15H18N4O3S. The zero-order valence-corrected chi connectivity index (χ0v) is 13.4. The van der Waals surface area contributed by atoms with Crippen LogP contribution in [0, 0.1) is 0 Å². The van der Waals surface area contributed by atoms with Crippen LogP contribution in [-0.4, -0.2) is 44.7 Å². The smallest absolute Gasteiger partial charge is 0.209 e. The molecule has 1 fully saturated rings. The number of aromatic nitrogens is 2. The fourth-order valence-electron chi connectivity index (χ4n) is 2.34. The van der Waals surface area contributed by atoms with E-state index in [-0.39, 0.29) is 16.3 Å². The summed E-state index contributed by atoms with van der Waals surface area (Å²) in [6, 6.07) is 6.42. The molecule has 0 unspecified atom stereocenters. The van der Waals surface area contributed by atoms with Crippen molar-refractivity contribution in [2.45, 2.75) is 16.3 Å². The number of anilines is 1. The molecule has 23 heavy (non-hydrogen) atoms. The zero-order valence-electron chi connectivity index (χ0n) is 12.6. The molecule has 2 aromatic rings. The summed E-state index contributed by atoms with van der Waals surface area (Å²) in [6.45, 7) is 3.09. The number of nitrogens with zero attached hydrogens (tertiary/aromatic N) is 3. The van der Waals surface area contributed by atoms with E-state index in [1.165, 1.54) is 18.5 Å². The first-order chi connectivity index (χ1) is 11.1. The van der Waals surface area contributed by atoms with Gasteiger partial charge in [0.2, 0.25) is 9.84 Å². The number of rotatable bonds is 4. The molecule has 7 nitrogen and oxygen atoms in total. The lowest BCUT2D eigenvalue weighted by molar-refractivity contribution is 0.122. The third-order valence-electron chi connectivity index (χ3n) is 3.68. The highest BCUT2D eigenvalue weighted by Crippen LogP contribution is 2.22. The Morgan fingerprint density at radius 1 is 1.04 bits per heavy atom. The van der Waals surface area contributed by atoms with Crippen LogP contribution in [0.1, 0.15) is 5.69 Å². The number of hydrogen-bond donors (Lipinski definition) is 1. The highest BCUT2D eigenvalue weighted by atomic mass is 32.2. The van der Waals surface area contributed by atoms with Gasteiger partial charge in [-0.15, -0.1) is 0 Å². The van der Waals surface area contributed by atoms with Gasteiger partial charge in [0.05, 0.1) is 28.7 Å². The summed E-state index contributed by atoms with van der Waals surface area (Å²) >= 11 is 0. The molecule has 3 rings (SSSR count). The van der Waals surface area contributed by atoms with Gasteiger partial charge in [0.1, 0.15) is 5.82 Å². The number of nitrogens with two attached hydrogens (primary N) is 1. The van der Waals surface area contributed by atoms with E-state index in [0.29, 0.717) is 18.9 Å². The number of ether oxygens (including phenoxy) is 1. The van der Waals surface area contributed by atoms with E-state index < -0.39 is 9.84 Å². The average Bonchev–Trinajstić information content (AvgIpc) is 2.62. The molecule has 1 saturated heterocycles. The Morgan fingerprint density at radius 2 is 1.70 bits per heavy atom. The summed E-state index contributed by atoms with van der Waals surface area (Å²) < 4.78 is 30.4. The van der Waals surface area contributed by atoms with Crippen LogP contribution in [0.25, 0.3) is 0 Å². The van der Waals surface area contributed by atoms with E-state index >= 15 is 0 Å². The predicted octanol–water partition coefficient (Wildman–Crippen LogP) is 0.605. The molecule has 0 aliphatic carbocycles. The second kappa shape index (κ2) is 6.61. The lowest BCUT2D eigenvalue weighted by atomic mass is 10.3. The summed E-state index contributed by atoms with van der Waals surface area (Å²) in [4.78, 5) is 10.7. The van der Waals surface area contributed by atoms with Crippen LogP contribution in [0.2, 0.25) is 0 Å². The molecule has 0 atom stereocenters. The van der Waals surface area contributed by atoms with Crippen molar-refractivity contribution in [3.8, 4) is 0 Å². The number of hydrogen-bond acceptors (Lipinski definition) is 7. The molecule has 0 radical (unpaired) electrons. The summed E-state index contributed by atoms with van der Waals surface area (Å²) in [7, 11) is -3.62. The first kappa shape index (κ1) is 15.9. The molecule has 0 spiro atoms. The fourth-order valence-corrected chi connectivity index (χ4v) is 3.49. The molecule has 0 saturated carbocycles. The normalized spacial score (nSPS) is 15.6. The largest absolute Gasteiger partial charge is 0.378 e. The van der Waals surface area contributed by atoms with Crippen molar-refractivity contribution >= 4 is 15.7 Å². The van der Waals surface area contributed by atoms with Gasteiger partial charge in [-0.05, 0) is 24.3 Å². The molecule has 2 aromatic heterocycles. The summed E-state index contributed by atoms with van der Waals surface area (Å²) in [5.74, 6) is 0.754. The van der Waals surface area contributed by atoms with Gasteiger partial charge in [-0.1, -0.05) is 0 Å². The molecule has 2 N–H and O–H groups in total. The molecule has 8 heteroatoms. The van der Waals surface area contributed by atoms with Crippen LogP contribution in [0.4, 0.5) is 5.82 Å². The first-order valence-corrected chi connectivity index (χ1v) is 8.78. The van der Waals surface area contributed by atoms with Crippen molar-refractivity contribution < 1.29 is 13.2 Å².